The number of aldehydes is 1. The van der Waals surface area contributed by atoms with E-state index in [1.54, 1.807) is 0 Å². The Balaban J connectivity index is 2.72. The Labute approximate surface area is 68.8 Å². The lowest BCUT2D eigenvalue weighted by atomic mass is 10.6. The SMILES string of the molecule is C=C(C)Nc1ncc(C=O)s1. The van der Waals surface area contributed by atoms with Gasteiger partial charge >= 0.3 is 0 Å². The highest BCUT2D eigenvalue weighted by molar-refractivity contribution is 7.17. The Morgan fingerprint density at radius 2 is 2.64 bits per heavy atom. The van der Waals surface area contributed by atoms with Crippen LogP contribution in [0.4, 0.5) is 5.13 Å². The number of carbonyl (C=O) groups excluding carboxylic acids is 1. The summed E-state index contributed by atoms with van der Waals surface area (Å²) in [5.41, 5.74) is 0.816. The summed E-state index contributed by atoms with van der Waals surface area (Å²) in [5.74, 6) is 0. The zero-order valence-corrected chi connectivity index (χ0v) is 6.94. The van der Waals surface area contributed by atoms with Gasteiger partial charge in [0, 0.05) is 5.70 Å². The summed E-state index contributed by atoms with van der Waals surface area (Å²) in [6, 6.07) is 0. The number of nitrogens with zero attached hydrogens (tertiary/aromatic N) is 1. The van der Waals surface area contributed by atoms with Crippen LogP contribution in [0, 0.1) is 0 Å². The summed E-state index contributed by atoms with van der Waals surface area (Å²) in [7, 11) is 0. The molecule has 0 bridgehead atoms. The van der Waals surface area contributed by atoms with Crippen molar-refractivity contribution >= 4 is 22.8 Å². The normalized spacial score (nSPS) is 9.18. The van der Waals surface area contributed by atoms with E-state index in [1.807, 2.05) is 6.92 Å². The number of allylic oxidation sites excluding steroid dienone is 1. The number of rotatable bonds is 3. The summed E-state index contributed by atoms with van der Waals surface area (Å²) in [4.78, 5) is 14.8. The maximum atomic E-state index is 10.2. The summed E-state index contributed by atoms with van der Waals surface area (Å²) in [6.45, 7) is 5.49. The van der Waals surface area contributed by atoms with Crippen molar-refractivity contribution < 1.29 is 4.79 Å². The minimum absolute atomic E-state index is 0.619. The van der Waals surface area contributed by atoms with Gasteiger partial charge in [-0.3, -0.25) is 4.79 Å². The van der Waals surface area contributed by atoms with Crippen molar-refractivity contribution in [1.29, 1.82) is 0 Å². The average molecular weight is 168 g/mol. The maximum Gasteiger partial charge on any atom is 0.187 e. The lowest BCUT2D eigenvalue weighted by molar-refractivity contribution is 0.112. The number of carbonyl (C=O) groups is 1. The molecule has 1 aromatic heterocycles. The third kappa shape index (κ3) is 2.16. The van der Waals surface area contributed by atoms with Crippen LogP contribution in [0.15, 0.2) is 18.5 Å². The molecule has 0 saturated heterocycles. The summed E-state index contributed by atoms with van der Waals surface area (Å²) >= 11 is 1.31. The Hall–Kier alpha value is -1.16. The molecule has 58 valence electrons. The predicted molar refractivity (Wildman–Crippen MR) is 45.9 cm³/mol. The number of hydrogen-bond donors (Lipinski definition) is 1. The van der Waals surface area contributed by atoms with Crippen LogP contribution in [0.25, 0.3) is 0 Å². The van der Waals surface area contributed by atoms with E-state index >= 15 is 0 Å². The molecule has 1 heterocycles. The highest BCUT2D eigenvalue weighted by atomic mass is 32.1. The van der Waals surface area contributed by atoms with Gasteiger partial charge in [-0.15, -0.1) is 0 Å². The number of thiazole rings is 1. The van der Waals surface area contributed by atoms with E-state index in [0.29, 0.717) is 10.0 Å². The monoisotopic (exact) mass is 168 g/mol. The number of anilines is 1. The smallest absolute Gasteiger partial charge is 0.187 e. The van der Waals surface area contributed by atoms with Gasteiger partial charge in [0.1, 0.15) is 0 Å². The van der Waals surface area contributed by atoms with Gasteiger partial charge < -0.3 is 5.32 Å². The van der Waals surface area contributed by atoms with E-state index in [-0.39, 0.29) is 0 Å². The Kier molecular flexibility index (Phi) is 2.38. The number of nitrogens with one attached hydrogen (secondary N) is 1. The van der Waals surface area contributed by atoms with Gasteiger partial charge in [0.05, 0.1) is 11.1 Å². The molecule has 1 rings (SSSR count). The van der Waals surface area contributed by atoms with Crippen molar-refractivity contribution in [1.82, 2.24) is 4.98 Å². The maximum absolute atomic E-state index is 10.2. The first-order chi connectivity index (χ1) is 5.22. The van der Waals surface area contributed by atoms with Crippen LogP contribution >= 0.6 is 11.3 Å². The lowest BCUT2D eigenvalue weighted by Crippen LogP contribution is -1.91. The van der Waals surface area contributed by atoms with Gasteiger partial charge in [0.25, 0.3) is 0 Å². The van der Waals surface area contributed by atoms with E-state index in [4.69, 9.17) is 0 Å². The van der Waals surface area contributed by atoms with Gasteiger partial charge in [-0.2, -0.15) is 0 Å². The molecule has 0 saturated carbocycles. The summed E-state index contributed by atoms with van der Waals surface area (Å²) in [5, 5.41) is 3.62. The Bertz CT molecular complexity index is 280. The Morgan fingerprint density at radius 3 is 3.09 bits per heavy atom. The minimum atomic E-state index is 0.619. The van der Waals surface area contributed by atoms with Gasteiger partial charge in [-0.05, 0) is 6.92 Å². The van der Waals surface area contributed by atoms with Crippen LogP contribution in [-0.4, -0.2) is 11.3 Å². The molecule has 1 aromatic rings. The molecule has 0 aliphatic rings. The summed E-state index contributed by atoms with van der Waals surface area (Å²) in [6.07, 6.45) is 2.31. The second-order valence-corrected chi connectivity index (χ2v) is 3.15. The van der Waals surface area contributed by atoms with Crippen molar-refractivity contribution in [2.75, 3.05) is 5.32 Å². The lowest BCUT2D eigenvalue weighted by Gasteiger charge is -1.96. The molecule has 0 aliphatic heterocycles. The standard InChI is InChI=1S/C7H8N2OS/c1-5(2)9-7-8-3-6(4-10)11-7/h3-4H,1H2,2H3,(H,8,9). The molecule has 0 unspecified atom stereocenters. The zero-order chi connectivity index (χ0) is 8.27. The van der Waals surface area contributed by atoms with Crippen LogP contribution in [0.3, 0.4) is 0 Å². The van der Waals surface area contributed by atoms with Crippen molar-refractivity contribution in [2.24, 2.45) is 0 Å². The molecule has 0 atom stereocenters. The van der Waals surface area contributed by atoms with Crippen molar-refractivity contribution in [3.63, 3.8) is 0 Å². The van der Waals surface area contributed by atoms with Gasteiger partial charge in [-0.25, -0.2) is 4.98 Å². The topological polar surface area (TPSA) is 42.0 Å². The van der Waals surface area contributed by atoms with Crippen molar-refractivity contribution in [2.45, 2.75) is 6.92 Å². The molecule has 0 radical (unpaired) electrons. The van der Waals surface area contributed by atoms with Gasteiger partial charge in [0.15, 0.2) is 11.4 Å². The minimum Gasteiger partial charge on any atom is -0.336 e. The van der Waals surface area contributed by atoms with Crippen LogP contribution in [0.1, 0.15) is 16.6 Å². The zero-order valence-electron chi connectivity index (χ0n) is 6.13. The van der Waals surface area contributed by atoms with Gasteiger partial charge in [-0.1, -0.05) is 17.9 Å². The highest BCUT2D eigenvalue weighted by Gasteiger charge is 1.98. The molecule has 1 N–H and O–H groups in total. The van der Waals surface area contributed by atoms with E-state index in [9.17, 15) is 4.79 Å². The fourth-order valence-electron chi connectivity index (χ4n) is 0.581. The van der Waals surface area contributed by atoms with E-state index < -0.39 is 0 Å². The molecule has 3 nitrogen and oxygen atoms in total. The third-order valence-electron chi connectivity index (χ3n) is 0.960. The van der Waals surface area contributed by atoms with Crippen molar-refractivity contribution in [3.8, 4) is 0 Å². The number of aromatic nitrogens is 1. The van der Waals surface area contributed by atoms with Gasteiger partial charge in [0.2, 0.25) is 0 Å². The van der Waals surface area contributed by atoms with E-state index in [1.165, 1.54) is 17.5 Å². The highest BCUT2D eigenvalue weighted by Crippen LogP contribution is 2.16. The molecule has 0 fully saturated rings. The molecule has 0 aliphatic carbocycles. The van der Waals surface area contributed by atoms with Crippen molar-refractivity contribution in [3.05, 3.63) is 23.3 Å². The van der Waals surface area contributed by atoms with E-state index in [2.05, 4.69) is 16.9 Å². The molecule has 0 amide bonds. The first-order valence-electron chi connectivity index (χ1n) is 3.06. The molecule has 11 heavy (non-hydrogen) atoms. The third-order valence-corrected chi connectivity index (χ3v) is 1.80. The van der Waals surface area contributed by atoms with Crippen LogP contribution in [0.2, 0.25) is 0 Å². The first kappa shape index (κ1) is 7.94. The summed E-state index contributed by atoms with van der Waals surface area (Å²) < 4.78 is 0. The molecule has 4 heteroatoms. The molecule has 0 spiro atoms. The van der Waals surface area contributed by atoms with Crippen LogP contribution in [-0.2, 0) is 0 Å². The average Bonchev–Trinajstić information content (AvgIpc) is 2.34. The Morgan fingerprint density at radius 1 is 1.91 bits per heavy atom. The fraction of sp³-hybridized carbons (Fsp3) is 0.143. The molecular formula is C7H8N2OS. The first-order valence-corrected chi connectivity index (χ1v) is 3.87. The van der Waals surface area contributed by atoms with Crippen LogP contribution in [0.5, 0.6) is 0 Å². The fourth-order valence-corrected chi connectivity index (χ4v) is 1.29. The second-order valence-electron chi connectivity index (χ2n) is 2.09. The number of hydrogen-bond acceptors (Lipinski definition) is 4. The molecule has 0 aromatic carbocycles. The van der Waals surface area contributed by atoms with Crippen LogP contribution < -0.4 is 5.32 Å². The van der Waals surface area contributed by atoms with E-state index in [0.717, 1.165) is 12.0 Å². The quantitative estimate of drug-likeness (QED) is 0.701. The predicted octanol–water partition coefficient (Wildman–Crippen LogP) is 1.90. The second kappa shape index (κ2) is 3.30. The molecular weight excluding hydrogens is 160 g/mol. The largest absolute Gasteiger partial charge is 0.336 e.